The van der Waals surface area contributed by atoms with Gasteiger partial charge >= 0.3 is 0 Å². The van der Waals surface area contributed by atoms with Gasteiger partial charge in [0.25, 0.3) is 0 Å². The maximum Gasteiger partial charge on any atom is 0.131 e. The Morgan fingerprint density at radius 3 is 1.79 bits per heavy atom. The van der Waals surface area contributed by atoms with Crippen LogP contribution in [0.15, 0.2) is 54.6 Å². The highest BCUT2D eigenvalue weighted by atomic mass is 31.0. The van der Waals surface area contributed by atoms with Crippen LogP contribution in [-0.2, 0) is 35.0 Å². The van der Waals surface area contributed by atoms with Gasteiger partial charge in [-0.1, -0.05) is 36.4 Å². The molecule has 0 amide bonds. The molecule has 2 unspecified atom stereocenters. The van der Waals surface area contributed by atoms with Crippen molar-refractivity contribution in [1.29, 1.82) is 0 Å². The monoisotopic (exact) mass is 428 g/mol. The fourth-order valence-electron chi connectivity index (χ4n) is 3.50. The molecule has 0 aliphatic rings. The van der Waals surface area contributed by atoms with Gasteiger partial charge in [-0.15, -0.1) is 18.5 Å². The molecule has 29 heavy (non-hydrogen) atoms. The number of benzene rings is 3. The van der Waals surface area contributed by atoms with Crippen LogP contribution in [-0.4, -0.2) is 14.2 Å². The lowest BCUT2D eigenvalue weighted by Crippen LogP contribution is -1.98. The molecule has 0 bridgehead atoms. The average Bonchev–Trinajstić information content (AvgIpc) is 2.75. The van der Waals surface area contributed by atoms with Gasteiger partial charge in [0.15, 0.2) is 0 Å². The van der Waals surface area contributed by atoms with Crippen molar-refractivity contribution in [3.8, 4) is 22.3 Å². The van der Waals surface area contributed by atoms with E-state index in [1.165, 1.54) is 11.1 Å². The minimum absolute atomic E-state index is 0.206. The van der Waals surface area contributed by atoms with E-state index in [4.69, 9.17) is 9.47 Å². The summed E-state index contributed by atoms with van der Waals surface area (Å²) in [5.74, 6) is -0.206. The molecule has 3 aromatic carbocycles. The molecular formula is C24H27FO2P2. The summed E-state index contributed by atoms with van der Waals surface area (Å²) in [7, 11) is 8.78. The van der Waals surface area contributed by atoms with E-state index in [1.54, 1.807) is 20.3 Å². The maximum absolute atomic E-state index is 14.7. The predicted molar refractivity (Wildman–Crippen MR) is 126 cm³/mol. The second-order valence-electron chi connectivity index (χ2n) is 6.94. The van der Waals surface area contributed by atoms with Crippen molar-refractivity contribution in [2.24, 2.45) is 0 Å². The molecule has 0 radical (unpaired) electrons. The highest BCUT2D eigenvalue weighted by molar-refractivity contribution is 7.15. The third kappa shape index (κ3) is 5.11. The Morgan fingerprint density at radius 2 is 1.21 bits per heavy atom. The molecule has 0 aliphatic heterocycles. The van der Waals surface area contributed by atoms with Crippen molar-refractivity contribution >= 4 is 18.5 Å². The first kappa shape index (κ1) is 22.1. The minimum Gasteiger partial charge on any atom is -0.380 e. The highest BCUT2D eigenvalue weighted by Crippen LogP contribution is 2.31. The van der Waals surface area contributed by atoms with E-state index in [0.29, 0.717) is 24.9 Å². The van der Waals surface area contributed by atoms with E-state index < -0.39 is 0 Å². The quantitative estimate of drug-likeness (QED) is 0.398. The molecule has 152 valence electrons. The highest BCUT2D eigenvalue weighted by Gasteiger charge is 2.12. The Balaban J connectivity index is 1.95. The second-order valence-corrected chi connectivity index (χ2v) is 7.75. The Hall–Kier alpha value is -1.63. The first-order valence-corrected chi connectivity index (χ1v) is 11.2. The zero-order valence-electron chi connectivity index (χ0n) is 16.9. The first-order valence-electron chi connectivity index (χ1n) is 9.53. The molecule has 3 rings (SSSR count). The summed E-state index contributed by atoms with van der Waals surface area (Å²) >= 11 is 0. The third-order valence-electron chi connectivity index (χ3n) is 5.06. The summed E-state index contributed by atoms with van der Waals surface area (Å²) in [4.78, 5) is 0. The van der Waals surface area contributed by atoms with Crippen LogP contribution < -0.4 is 0 Å². The third-order valence-corrected chi connectivity index (χ3v) is 5.94. The number of rotatable bonds is 8. The summed E-state index contributed by atoms with van der Waals surface area (Å²) < 4.78 is 25.3. The standard InChI is InChI=1S/C24H27FO2P2/c1-26-12-20-9-18(7-8-19(20)14-28)16-3-5-17(6-4-16)23-10-21(13-27-2)22(15-29)11-24(23)25/h3-11H,12-15,28-29H2,1-2H3. The minimum atomic E-state index is -0.206. The van der Waals surface area contributed by atoms with Gasteiger partial charge in [0.2, 0.25) is 0 Å². The molecule has 0 heterocycles. The largest absolute Gasteiger partial charge is 0.380 e. The molecule has 0 saturated carbocycles. The molecule has 0 N–H and O–H groups in total. The molecule has 0 aromatic heterocycles. The Bertz CT molecular complexity index is 971. The van der Waals surface area contributed by atoms with E-state index in [-0.39, 0.29) is 5.82 Å². The Labute approximate surface area is 177 Å². The smallest absolute Gasteiger partial charge is 0.131 e. The van der Waals surface area contributed by atoms with Crippen LogP contribution in [0.2, 0.25) is 0 Å². The zero-order valence-corrected chi connectivity index (χ0v) is 19.2. The zero-order chi connectivity index (χ0) is 20.8. The molecule has 0 spiro atoms. The lowest BCUT2D eigenvalue weighted by atomic mass is 9.95. The van der Waals surface area contributed by atoms with Crippen molar-refractivity contribution in [2.75, 3.05) is 14.2 Å². The summed E-state index contributed by atoms with van der Waals surface area (Å²) in [6.07, 6.45) is 1.60. The van der Waals surface area contributed by atoms with Gasteiger partial charge in [-0.05, 0) is 69.5 Å². The lowest BCUT2D eigenvalue weighted by Gasteiger charge is -2.13. The molecular weight excluding hydrogens is 401 g/mol. The number of hydrogen-bond acceptors (Lipinski definition) is 2. The van der Waals surface area contributed by atoms with E-state index in [0.717, 1.165) is 34.0 Å². The fourth-order valence-corrected chi connectivity index (χ4v) is 4.28. The van der Waals surface area contributed by atoms with Gasteiger partial charge in [-0.2, -0.15) is 0 Å². The second kappa shape index (κ2) is 10.4. The molecule has 2 atom stereocenters. The van der Waals surface area contributed by atoms with Crippen LogP contribution >= 0.6 is 18.5 Å². The SMILES string of the molecule is COCc1cc(-c2ccc(-c3cc(COC)c(CP)cc3F)cc2)ccc1CP. The number of methoxy groups -OCH3 is 2. The van der Waals surface area contributed by atoms with Crippen LogP contribution in [0.1, 0.15) is 22.3 Å². The lowest BCUT2D eigenvalue weighted by molar-refractivity contribution is 0.184. The molecule has 2 nitrogen and oxygen atoms in total. The molecule has 3 aromatic rings. The molecule has 0 saturated heterocycles. The summed E-state index contributed by atoms with van der Waals surface area (Å²) in [5, 5.41) is 0. The van der Waals surface area contributed by atoms with Gasteiger partial charge in [-0.25, -0.2) is 4.39 Å². The normalized spacial score (nSPS) is 11.1. The van der Waals surface area contributed by atoms with E-state index >= 15 is 0 Å². The van der Waals surface area contributed by atoms with Crippen molar-refractivity contribution in [1.82, 2.24) is 0 Å². The van der Waals surface area contributed by atoms with Gasteiger partial charge in [-0.3, -0.25) is 0 Å². The summed E-state index contributed by atoms with van der Waals surface area (Å²) in [6, 6.07) is 18.0. The maximum atomic E-state index is 14.7. The average molecular weight is 428 g/mol. The topological polar surface area (TPSA) is 18.5 Å². The molecule has 5 heteroatoms. The fraction of sp³-hybridized carbons (Fsp3) is 0.250. The van der Waals surface area contributed by atoms with E-state index in [9.17, 15) is 4.39 Å². The molecule has 0 fully saturated rings. The van der Waals surface area contributed by atoms with Crippen LogP contribution in [0.4, 0.5) is 4.39 Å². The van der Waals surface area contributed by atoms with Crippen molar-refractivity contribution in [2.45, 2.75) is 25.5 Å². The Kier molecular flexibility index (Phi) is 7.92. The van der Waals surface area contributed by atoms with Gasteiger partial charge in [0.05, 0.1) is 13.2 Å². The molecule has 0 aliphatic carbocycles. The number of halogens is 1. The van der Waals surface area contributed by atoms with Gasteiger partial charge in [0.1, 0.15) is 5.82 Å². The Morgan fingerprint density at radius 1 is 0.655 bits per heavy atom. The van der Waals surface area contributed by atoms with Crippen molar-refractivity contribution < 1.29 is 13.9 Å². The summed E-state index contributed by atoms with van der Waals surface area (Å²) in [6.45, 7) is 1.06. The predicted octanol–water partition coefficient (Wildman–Crippen LogP) is 6.20. The van der Waals surface area contributed by atoms with E-state index in [2.05, 4.69) is 36.7 Å². The van der Waals surface area contributed by atoms with Crippen molar-refractivity contribution in [3.05, 3.63) is 82.7 Å². The van der Waals surface area contributed by atoms with Crippen LogP contribution in [0.25, 0.3) is 22.3 Å². The van der Waals surface area contributed by atoms with Gasteiger partial charge in [0, 0.05) is 19.8 Å². The first-order chi connectivity index (χ1) is 14.1. The van der Waals surface area contributed by atoms with Crippen LogP contribution in [0, 0.1) is 5.82 Å². The van der Waals surface area contributed by atoms with Gasteiger partial charge < -0.3 is 9.47 Å². The number of ether oxygens (including phenoxy) is 2. The van der Waals surface area contributed by atoms with Crippen LogP contribution in [0.5, 0.6) is 0 Å². The van der Waals surface area contributed by atoms with Crippen LogP contribution in [0.3, 0.4) is 0 Å². The summed E-state index contributed by atoms with van der Waals surface area (Å²) in [5.41, 5.74) is 8.10. The van der Waals surface area contributed by atoms with E-state index in [1.807, 2.05) is 30.3 Å². The van der Waals surface area contributed by atoms with Crippen molar-refractivity contribution in [3.63, 3.8) is 0 Å². The number of hydrogen-bond donors (Lipinski definition) is 0.